The van der Waals surface area contributed by atoms with Crippen LogP contribution >= 0.6 is 9.24 Å². The van der Waals surface area contributed by atoms with Crippen molar-refractivity contribution in [1.29, 1.82) is 0 Å². The average molecular weight is 530 g/mol. The summed E-state index contributed by atoms with van der Waals surface area (Å²) in [5.74, 6) is -0.702. The van der Waals surface area contributed by atoms with Gasteiger partial charge < -0.3 is 28.1 Å². The standard InChI is InChI=1S/C21H22F2O.CH4P.CH3.V.Y/c1-3-14-4-6-15(7-5-14)16-8-10-17(11-9-16)18-12-13-19(24-2)21(23)20(18)22;1-2;;;/h3,8-15H,1,4-7H2,2H3;1-2H2;1H3;;/q;2*-1;+2;. The second-order valence-electron chi connectivity index (χ2n) is 6.41. The molecule has 0 N–H and O–H groups in total. The summed E-state index contributed by atoms with van der Waals surface area (Å²) < 4.78 is 32.9. The van der Waals surface area contributed by atoms with Crippen molar-refractivity contribution < 1.29 is 64.8 Å². The Kier molecular flexibility index (Phi) is 16.9. The molecule has 1 aliphatic carbocycles. The van der Waals surface area contributed by atoms with E-state index < -0.39 is 11.6 Å². The van der Waals surface area contributed by atoms with Crippen molar-refractivity contribution in [3.05, 3.63) is 80.3 Å². The Morgan fingerprint density at radius 1 is 1.00 bits per heavy atom. The van der Waals surface area contributed by atoms with E-state index in [9.17, 15) is 8.78 Å². The zero-order chi connectivity index (χ0) is 19.1. The molecule has 1 unspecified atom stereocenters. The van der Waals surface area contributed by atoms with Crippen molar-refractivity contribution >= 4 is 9.24 Å². The molecule has 1 atom stereocenters. The van der Waals surface area contributed by atoms with Crippen LogP contribution in [0.1, 0.15) is 37.2 Å². The normalized spacial score (nSPS) is 17.3. The van der Waals surface area contributed by atoms with E-state index in [1.807, 2.05) is 24.3 Å². The molecular formula is C23H29F2OPVY. The molecule has 1 nitrogen and oxygen atoms in total. The molecule has 0 aliphatic heterocycles. The number of methoxy groups -OCH3 is 1. The van der Waals surface area contributed by atoms with E-state index in [2.05, 4.69) is 28.6 Å². The van der Waals surface area contributed by atoms with Gasteiger partial charge in [0, 0.05) is 38.3 Å². The first-order chi connectivity index (χ1) is 12.6. The van der Waals surface area contributed by atoms with Crippen LogP contribution < -0.4 is 4.74 Å². The summed E-state index contributed by atoms with van der Waals surface area (Å²) in [5.41, 5.74) is 2.21. The maximum atomic E-state index is 14.2. The van der Waals surface area contributed by atoms with Crippen molar-refractivity contribution in [2.45, 2.75) is 31.6 Å². The fraction of sp³-hybridized carbons (Fsp3) is 0.304. The monoisotopic (exact) mass is 530 g/mol. The van der Waals surface area contributed by atoms with Crippen molar-refractivity contribution in [2.24, 2.45) is 5.92 Å². The second kappa shape index (κ2) is 15.7. The van der Waals surface area contributed by atoms with Gasteiger partial charge in [0.1, 0.15) is 0 Å². The maximum Gasteiger partial charge on any atom is 2.00 e. The number of benzene rings is 2. The van der Waals surface area contributed by atoms with E-state index in [1.165, 1.54) is 31.6 Å². The van der Waals surface area contributed by atoms with Crippen LogP contribution in [-0.2, 0) is 51.3 Å². The minimum atomic E-state index is -0.943. The topological polar surface area (TPSA) is 9.23 Å². The van der Waals surface area contributed by atoms with Crippen LogP contribution in [0.3, 0.4) is 0 Å². The van der Waals surface area contributed by atoms with Gasteiger partial charge in [-0.05, 0) is 60.8 Å². The van der Waals surface area contributed by atoms with Gasteiger partial charge in [0.15, 0.2) is 11.6 Å². The molecule has 0 bridgehead atoms. The van der Waals surface area contributed by atoms with Crippen LogP contribution in [0.4, 0.5) is 8.78 Å². The summed E-state index contributed by atoms with van der Waals surface area (Å²) in [6, 6.07) is 10.8. The summed E-state index contributed by atoms with van der Waals surface area (Å²) >= 11 is 0. The van der Waals surface area contributed by atoms with Gasteiger partial charge in [0.2, 0.25) is 5.82 Å². The molecule has 0 saturated heterocycles. The van der Waals surface area contributed by atoms with Gasteiger partial charge >= 0.3 is 18.6 Å². The fourth-order valence-electron chi connectivity index (χ4n) is 3.54. The third-order valence-corrected chi connectivity index (χ3v) is 5.07. The Labute approximate surface area is 214 Å². The molecule has 154 valence electrons. The van der Waals surface area contributed by atoms with Crippen LogP contribution in [0.5, 0.6) is 5.75 Å². The van der Waals surface area contributed by atoms with Crippen LogP contribution in [0.2, 0.25) is 0 Å². The molecule has 1 fully saturated rings. The molecule has 0 aromatic heterocycles. The van der Waals surface area contributed by atoms with Crippen molar-refractivity contribution in [2.75, 3.05) is 7.11 Å². The smallest absolute Gasteiger partial charge is 0.494 e. The summed E-state index contributed by atoms with van der Waals surface area (Å²) in [6.07, 6.45) is 6.71. The van der Waals surface area contributed by atoms with Crippen LogP contribution in [-0.4, -0.2) is 7.11 Å². The van der Waals surface area contributed by atoms with Crippen LogP contribution in [0.15, 0.2) is 49.1 Å². The van der Waals surface area contributed by atoms with E-state index >= 15 is 0 Å². The predicted octanol–water partition coefficient (Wildman–Crippen LogP) is 7.20. The van der Waals surface area contributed by atoms with Crippen LogP contribution in [0, 0.1) is 31.6 Å². The number of hydrogen-bond donors (Lipinski definition) is 0. The Morgan fingerprint density at radius 3 is 2.03 bits per heavy atom. The number of hydrogen-bond acceptors (Lipinski definition) is 1. The third-order valence-electron chi connectivity index (χ3n) is 5.07. The average Bonchev–Trinajstić information content (AvgIpc) is 2.72. The first-order valence-corrected chi connectivity index (χ1v) is 9.61. The zero-order valence-electron chi connectivity index (χ0n) is 17.2. The van der Waals surface area contributed by atoms with E-state index in [-0.39, 0.29) is 70.0 Å². The quantitative estimate of drug-likeness (QED) is 0.231. The van der Waals surface area contributed by atoms with Gasteiger partial charge in [-0.2, -0.15) is 4.39 Å². The molecule has 0 spiro atoms. The van der Waals surface area contributed by atoms with Gasteiger partial charge in [-0.25, -0.2) is 4.39 Å². The summed E-state index contributed by atoms with van der Waals surface area (Å²) in [6.45, 7) is 7.05. The van der Waals surface area contributed by atoms with Gasteiger partial charge in [0.05, 0.1) is 7.11 Å². The largest absolute Gasteiger partial charge is 2.00 e. The first-order valence-electron chi connectivity index (χ1n) is 8.79. The summed E-state index contributed by atoms with van der Waals surface area (Å²) in [5, 5.41) is 0. The number of rotatable bonds is 4. The minimum Gasteiger partial charge on any atom is -0.494 e. The van der Waals surface area contributed by atoms with Gasteiger partial charge in [-0.1, -0.05) is 30.3 Å². The first kappa shape index (κ1) is 31.1. The van der Waals surface area contributed by atoms with Gasteiger partial charge in [0.25, 0.3) is 0 Å². The van der Waals surface area contributed by atoms with Crippen molar-refractivity contribution in [1.82, 2.24) is 0 Å². The molecule has 0 amide bonds. The molecule has 29 heavy (non-hydrogen) atoms. The molecule has 2 aromatic carbocycles. The van der Waals surface area contributed by atoms with E-state index in [0.717, 1.165) is 12.8 Å². The van der Waals surface area contributed by atoms with E-state index in [4.69, 9.17) is 4.74 Å². The SMILES string of the molecule is C=CC1CCC(c2ccc(-c3ccc(OC)c(F)c3F)cc2)CC1.[CH2-]P.[CH3-].[V+2].[Y]. The predicted molar refractivity (Wildman–Crippen MR) is 115 cm³/mol. The summed E-state index contributed by atoms with van der Waals surface area (Å²) in [7, 11) is 3.49. The number of ether oxygens (including phenoxy) is 1. The van der Waals surface area contributed by atoms with Gasteiger partial charge in [-0.15, -0.1) is 6.58 Å². The Bertz CT molecular complexity index is 732. The Hall–Kier alpha value is -0.0417. The molecule has 1 aliphatic rings. The fourth-order valence-corrected chi connectivity index (χ4v) is 3.54. The molecule has 2 aromatic rings. The Morgan fingerprint density at radius 2 is 1.55 bits per heavy atom. The van der Waals surface area contributed by atoms with Crippen molar-refractivity contribution in [3.63, 3.8) is 0 Å². The van der Waals surface area contributed by atoms with Crippen molar-refractivity contribution in [3.8, 4) is 16.9 Å². The van der Waals surface area contributed by atoms with E-state index in [0.29, 0.717) is 17.4 Å². The molecule has 2 radical (unpaired) electrons. The van der Waals surface area contributed by atoms with Crippen LogP contribution in [0.25, 0.3) is 11.1 Å². The number of halogens is 2. The zero-order valence-corrected chi connectivity index (χ0v) is 22.6. The minimum absolute atomic E-state index is 0. The van der Waals surface area contributed by atoms with E-state index in [1.54, 1.807) is 6.07 Å². The summed E-state index contributed by atoms with van der Waals surface area (Å²) in [4.78, 5) is 0. The molecule has 1 saturated carbocycles. The van der Waals surface area contributed by atoms with Gasteiger partial charge in [-0.3, -0.25) is 0 Å². The molecule has 6 heteroatoms. The second-order valence-corrected chi connectivity index (χ2v) is 6.41. The maximum absolute atomic E-state index is 14.2. The molecular weight excluding hydrogens is 501 g/mol. The molecule has 3 rings (SSSR count). The number of allylic oxidation sites excluding steroid dienone is 1. The molecule has 0 heterocycles. The third kappa shape index (κ3) is 7.86. The Balaban J connectivity index is 0.